The van der Waals surface area contributed by atoms with Crippen LogP contribution >= 0.6 is 0 Å². The lowest BCUT2D eigenvalue weighted by atomic mass is 10.1. The van der Waals surface area contributed by atoms with E-state index in [1.807, 2.05) is 31.2 Å². The predicted molar refractivity (Wildman–Crippen MR) is 97.6 cm³/mol. The van der Waals surface area contributed by atoms with Crippen molar-refractivity contribution in [1.29, 1.82) is 0 Å². The van der Waals surface area contributed by atoms with Crippen molar-refractivity contribution in [3.8, 4) is 0 Å². The molecule has 0 saturated carbocycles. The molecule has 0 bridgehead atoms. The van der Waals surface area contributed by atoms with Gasteiger partial charge in [0.25, 0.3) is 0 Å². The molecule has 0 aliphatic carbocycles. The third kappa shape index (κ3) is 5.68. The van der Waals surface area contributed by atoms with Crippen LogP contribution in [0.15, 0.2) is 53.4 Å². The molecule has 7 nitrogen and oxygen atoms in total. The number of carbonyl (C=O) groups is 2. The molecule has 0 saturated heterocycles. The molecular weight excluding hydrogens is 354 g/mol. The van der Waals surface area contributed by atoms with Crippen molar-refractivity contribution in [3.05, 3.63) is 65.2 Å². The number of rotatable bonds is 6. The molecule has 8 heteroatoms. The van der Waals surface area contributed by atoms with Gasteiger partial charge in [0.1, 0.15) is 0 Å². The molecule has 26 heavy (non-hydrogen) atoms. The largest absolute Gasteiger partial charge is 0.348 e. The number of primary sulfonamides is 1. The lowest BCUT2D eigenvalue weighted by molar-refractivity contribution is -0.139. The van der Waals surface area contributed by atoms with Crippen LogP contribution in [0.5, 0.6) is 0 Å². The molecular formula is C18H21N3O4S. The van der Waals surface area contributed by atoms with Crippen molar-refractivity contribution in [3.63, 3.8) is 0 Å². The first-order chi connectivity index (χ1) is 12.3. The first kappa shape index (κ1) is 19.6. The lowest BCUT2D eigenvalue weighted by Crippen LogP contribution is -2.40. The van der Waals surface area contributed by atoms with Crippen LogP contribution in [0.25, 0.3) is 0 Å². The average Bonchev–Trinajstić information content (AvgIpc) is 2.60. The van der Waals surface area contributed by atoms with Crippen LogP contribution in [0.1, 0.15) is 16.7 Å². The Morgan fingerprint density at radius 1 is 0.962 bits per heavy atom. The van der Waals surface area contributed by atoms with Crippen LogP contribution in [0.2, 0.25) is 0 Å². The van der Waals surface area contributed by atoms with E-state index in [0.29, 0.717) is 6.42 Å². The van der Waals surface area contributed by atoms with E-state index in [4.69, 9.17) is 5.14 Å². The Kier molecular flexibility index (Phi) is 6.48. The van der Waals surface area contributed by atoms with Gasteiger partial charge < -0.3 is 10.6 Å². The average molecular weight is 375 g/mol. The Morgan fingerprint density at radius 2 is 1.58 bits per heavy atom. The predicted octanol–water partition coefficient (Wildman–Crippen LogP) is 0.618. The summed E-state index contributed by atoms with van der Waals surface area (Å²) >= 11 is 0. The number of nitrogens with one attached hydrogen (secondary N) is 2. The Balaban J connectivity index is 1.77. The van der Waals surface area contributed by atoms with Gasteiger partial charge in [-0.2, -0.15) is 0 Å². The van der Waals surface area contributed by atoms with Gasteiger partial charge in [0, 0.05) is 13.1 Å². The molecule has 0 spiro atoms. The van der Waals surface area contributed by atoms with Gasteiger partial charge >= 0.3 is 11.8 Å². The SMILES string of the molecule is Cc1ccccc1CNC(=O)C(=O)NCCc1ccc(S(N)(=O)=O)cc1. The monoisotopic (exact) mass is 375 g/mol. The van der Waals surface area contributed by atoms with Gasteiger partial charge in [-0.05, 0) is 42.2 Å². The van der Waals surface area contributed by atoms with E-state index in [1.165, 1.54) is 12.1 Å². The first-order valence-corrected chi connectivity index (χ1v) is 9.54. The van der Waals surface area contributed by atoms with E-state index in [1.54, 1.807) is 12.1 Å². The van der Waals surface area contributed by atoms with Crippen LogP contribution in [-0.4, -0.2) is 26.8 Å². The summed E-state index contributed by atoms with van der Waals surface area (Å²) in [5.41, 5.74) is 2.80. The van der Waals surface area contributed by atoms with Crippen molar-refractivity contribution in [2.24, 2.45) is 5.14 Å². The minimum absolute atomic E-state index is 0.0286. The standard InChI is InChI=1S/C18H21N3O4S/c1-13-4-2-3-5-15(13)12-21-18(23)17(22)20-11-10-14-6-8-16(9-7-14)26(19,24)25/h2-9H,10-12H2,1H3,(H,20,22)(H,21,23)(H2,19,24,25). The van der Waals surface area contributed by atoms with Gasteiger partial charge in [-0.3, -0.25) is 9.59 Å². The van der Waals surface area contributed by atoms with Crippen LogP contribution < -0.4 is 15.8 Å². The second-order valence-electron chi connectivity index (χ2n) is 5.80. The topological polar surface area (TPSA) is 118 Å². The molecule has 0 fully saturated rings. The summed E-state index contributed by atoms with van der Waals surface area (Å²) in [5.74, 6) is -1.41. The van der Waals surface area contributed by atoms with Crippen LogP contribution in [-0.2, 0) is 32.6 Å². The van der Waals surface area contributed by atoms with E-state index in [-0.39, 0.29) is 18.0 Å². The minimum Gasteiger partial charge on any atom is -0.348 e. The third-order valence-electron chi connectivity index (χ3n) is 3.86. The molecule has 0 aliphatic rings. The highest BCUT2D eigenvalue weighted by Crippen LogP contribution is 2.09. The summed E-state index contributed by atoms with van der Waals surface area (Å²) in [6.45, 7) is 2.47. The number of benzene rings is 2. The number of aryl methyl sites for hydroxylation is 1. The van der Waals surface area contributed by atoms with Gasteiger partial charge in [-0.1, -0.05) is 36.4 Å². The Labute approximate surface area is 152 Å². The highest BCUT2D eigenvalue weighted by molar-refractivity contribution is 7.89. The summed E-state index contributed by atoms with van der Waals surface area (Å²) in [6, 6.07) is 13.6. The van der Waals surface area contributed by atoms with Crippen molar-refractivity contribution in [2.45, 2.75) is 24.8 Å². The number of hydrogen-bond donors (Lipinski definition) is 3. The number of carbonyl (C=O) groups excluding carboxylic acids is 2. The van der Waals surface area contributed by atoms with E-state index in [2.05, 4.69) is 10.6 Å². The second-order valence-corrected chi connectivity index (χ2v) is 7.37. The van der Waals surface area contributed by atoms with E-state index >= 15 is 0 Å². The van der Waals surface area contributed by atoms with Crippen LogP contribution in [0.3, 0.4) is 0 Å². The van der Waals surface area contributed by atoms with Crippen molar-refractivity contribution in [2.75, 3.05) is 6.54 Å². The quantitative estimate of drug-likeness (QED) is 0.641. The molecule has 4 N–H and O–H groups in total. The smallest absolute Gasteiger partial charge is 0.309 e. The van der Waals surface area contributed by atoms with Crippen LogP contribution in [0.4, 0.5) is 0 Å². The molecule has 0 heterocycles. The maximum Gasteiger partial charge on any atom is 0.309 e. The molecule has 2 aromatic rings. The van der Waals surface area contributed by atoms with E-state index in [9.17, 15) is 18.0 Å². The van der Waals surface area contributed by atoms with Gasteiger partial charge in [-0.25, -0.2) is 13.6 Å². The van der Waals surface area contributed by atoms with Crippen molar-refractivity contribution >= 4 is 21.8 Å². The van der Waals surface area contributed by atoms with Crippen LogP contribution in [0, 0.1) is 6.92 Å². The zero-order valence-corrected chi connectivity index (χ0v) is 15.2. The maximum atomic E-state index is 11.8. The van der Waals surface area contributed by atoms with Gasteiger partial charge in [0.15, 0.2) is 0 Å². The molecule has 0 atom stereocenters. The zero-order chi connectivity index (χ0) is 19.2. The second kappa shape index (κ2) is 8.59. The number of nitrogens with two attached hydrogens (primary N) is 1. The Bertz CT molecular complexity index is 893. The normalized spacial score (nSPS) is 11.0. The van der Waals surface area contributed by atoms with Gasteiger partial charge in [-0.15, -0.1) is 0 Å². The summed E-state index contributed by atoms with van der Waals surface area (Å²) in [4.78, 5) is 23.7. The number of sulfonamides is 1. The maximum absolute atomic E-state index is 11.8. The fourth-order valence-corrected chi connectivity index (χ4v) is 2.83. The summed E-state index contributed by atoms with van der Waals surface area (Å²) in [6.07, 6.45) is 0.460. The summed E-state index contributed by atoms with van der Waals surface area (Å²) in [5, 5.41) is 10.1. The van der Waals surface area contributed by atoms with Crippen molar-refractivity contribution in [1.82, 2.24) is 10.6 Å². The van der Waals surface area contributed by atoms with Gasteiger partial charge in [0.2, 0.25) is 10.0 Å². The summed E-state index contributed by atoms with van der Waals surface area (Å²) in [7, 11) is -3.72. The fourth-order valence-electron chi connectivity index (χ4n) is 2.31. The molecule has 0 aliphatic heterocycles. The van der Waals surface area contributed by atoms with E-state index in [0.717, 1.165) is 16.7 Å². The number of hydrogen-bond acceptors (Lipinski definition) is 4. The molecule has 0 unspecified atom stereocenters. The molecule has 0 radical (unpaired) electrons. The Hall–Kier alpha value is -2.71. The fraction of sp³-hybridized carbons (Fsp3) is 0.222. The highest BCUT2D eigenvalue weighted by atomic mass is 32.2. The third-order valence-corrected chi connectivity index (χ3v) is 4.79. The molecule has 2 rings (SSSR count). The highest BCUT2D eigenvalue weighted by Gasteiger charge is 2.13. The number of amides is 2. The zero-order valence-electron chi connectivity index (χ0n) is 14.4. The van der Waals surface area contributed by atoms with E-state index < -0.39 is 21.8 Å². The van der Waals surface area contributed by atoms with Crippen molar-refractivity contribution < 1.29 is 18.0 Å². The Morgan fingerprint density at radius 3 is 2.19 bits per heavy atom. The molecule has 2 aromatic carbocycles. The minimum atomic E-state index is -3.72. The van der Waals surface area contributed by atoms with Gasteiger partial charge in [0.05, 0.1) is 4.90 Å². The molecule has 0 aromatic heterocycles. The molecule has 2 amide bonds. The first-order valence-electron chi connectivity index (χ1n) is 7.99. The lowest BCUT2D eigenvalue weighted by Gasteiger charge is -2.08. The molecule has 138 valence electrons. The summed E-state index contributed by atoms with van der Waals surface area (Å²) < 4.78 is 22.4.